The van der Waals surface area contributed by atoms with Gasteiger partial charge in [-0.1, -0.05) is 63.8 Å². The molecule has 1 heterocycles. The van der Waals surface area contributed by atoms with Crippen LogP contribution in [0.5, 0.6) is 0 Å². The lowest BCUT2D eigenvalue weighted by Crippen LogP contribution is -1.90. The molecule has 0 N–H and O–H groups in total. The van der Waals surface area contributed by atoms with Crippen molar-refractivity contribution < 1.29 is 4.42 Å². The highest BCUT2D eigenvalue weighted by atomic mass is 16.3. The second-order valence-electron chi connectivity index (χ2n) is 7.47. The van der Waals surface area contributed by atoms with Crippen LogP contribution in [0.25, 0.3) is 21.9 Å². The summed E-state index contributed by atoms with van der Waals surface area (Å²) in [5, 5.41) is 2.54. The highest BCUT2D eigenvalue weighted by molar-refractivity contribution is 6.07. The van der Waals surface area contributed by atoms with E-state index in [1.54, 1.807) is 0 Å². The van der Waals surface area contributed by atoms with Gasteiger partial charge in [-0.25, -0.2) is 0 Å². The lowest BCUT2D eigenvalue weighted by molar-refractivity contribution is 0.652. The van der Waals surface area contributed by atoms with Crippen molar-refractivity contribution in [2.45, 2.75) is 79.1 Å². The average Bonchev–Trinajstić information content (AvgIpc) is 3.00. The summed E-state index contributed by atoms with van der Waals surface area (Å²) in [6.07, 6.45) is 10.0. The Labute approximate surface area is 152 Å². The lowest BCUT2D eigenvalue weighted by atomic mass is 9.97. The Bertz CT molecular complexity index is 854. The third-order valence-electron chi connectivity index (χ3n) is 5.63. The van der Waals surface area contributed by atoms with Crippen LogP contribution in [-0.4, -0.2) is 0 Å². The second kappa shape index (κ2) is 8.08. The largest absolute Gasteiger partial charge is 0.455 e. The summed E-state index contributed by atoms with van der Waals surface area (Å²) in [6, 6.07) is 9.16. The van der Waals surface area contributed by atoms with Crippen LogP contribution >= 0.6 is 0 Å². The molecule has 0 fully saturated rings. The van der Waals surface area contributed by atoms with Crippen LogP contribution in [-0.2, 0) is 12.8 Å². The Hall–Kier alpha value is -1.76. The second-order valence-corrected chi connectivity index (χ2v) is 7.47. The van der Waals surface area contributed by atoms with Crippen LogP contribution in [0, 0.1) is 13.8 Å². The van der Waals surface area contributed by atoms with Crippen LogP contribution in [0.2, 0.25) is 0 Å². The molecule has 25 heavy (non-hydrogen) atoms. The quantitative estimate of drug-likeness (QED) is 0.385. The third-order valence-corrected chi connectivity index (χ3v) is 5.63. The summed E-state index contributed by atoms with van der Waals surface area (Å²) >= 11 is 0. The molecule has 0 saturated carbocycles. The summed E-state index contributed by atoms with van der Waals surface area (Å²) in [4.78, 5) is 0. The van der Waals surface area contributed by atoms with Gasteiger partial charge in [0.2, 0.25) is 0 Å². The van der Waals surface area contributed by atoms with E-state index in [4.69, 9.17) is 4.42 Å². The van der Waals surface area contributed by atoms with Crippen LogP contribution in [0.15, 0.2) is 28.7 Å². The topological polar surface area (TPSA) is 13.1 Å². The average molecular weight is 337 g/mol. The third kappa shape index (κ3) is 3.61. The van der Waals surface area contributed by atoms with E-state index in [2.05, 4.69) is 52.0 Å². The zero-order chi connectivity index (χ0) is 17.8. The fourth-order valence-electron chi connectivity index (χ4n) is 3.91. The van der Waals surface area contributed by atoms with E-state index in [0.717, 1.165) is 17.6 Å². The summed E-state index contributed by atoms with van der Waals surface area (Å²) in [5.74, 6) is 0. The van der Waals surface area contributed by atoms with E-state index >= 15 is 0 Å². The van der Waals surface area contributed by atoms with Crippen molar-refractivity contribution in [1.29, 1.82) is 0 Å². The molecule has 1 heteroatoms. The highest BCUT2D eigenvalue weighted by Crippen LogP contribution is 2.35. The summed E-state index contributed by atoms with van der Waals surface area (Å²) in [5.41, 5.74) is 7.73. The molecule has 0 aliphatic carbocycles. The Balaban J connectivity index is 1.98. The molecule has 134 valence electrons. The van der Waals surface area contributed by atoms with Gasteiger partial charge < -0.3 is 4.42 Å². The van der Waals surface area contributed by atoms with Gasteiger partial charge in [-0.15, -0.1) is 0 Å². The van der Waals surface area contributed by atoms with Crippen molar-refractivity contribution in [2.75, 3.05) is 0 Å². The van der Waals surface area contributed by atoms with Crippen LogP contribution < -0.4 is 0 Å². The minimum atomic E-state index is 1.09. The molecule has 3 rings (SSSR count). The molecular formula is C24H32O. The first-order valence-corrected chi connectivity index (χ1v) is 10.1. The fourth-order valence-corrected chi connectivity index (χ4v) is 3.91. The van der Waals surface area contributed by atoms with E-state index in [1.807, 2.05) is 0 Å². The lowest BCUT2D eigenvalue weighted by Gasteiger charge is -2.06. The zero-order valence-electron chi connectivity index (χ0n) is 16.4. The van der Waals surface area contributed by atoms with Gasteiger partial charge in [-0.3, -0.25) is 0 Å². The first kappa shape index (κ1) is 18.0. The minimum Gasteiger partial charge on any atom is -0.455 e. The number of unbranched alkanes of at least 4 members (excludes halogenated alkanes) is 4. The number of aryl methyl sites for hydroxylation is 4. The van der Waals surface area contributed by atoms with Crippen molar-refractivity contribution in [2.24, 2.45) is 0 Å². The smallest absolute Gasteiger partial charge is 0.138 e. The summed E-state index contributed by atoms with van der Waals surface area (Å²) in [7, 11) is 0. The standard InChI is InChI=1S/C24H32O/c1-5-7-9-10-12-20-14-16-22-21-15-13-19(11-8-6-2)17(3)23(21)25-24(22)18(20)4/h13-16H,5-12H2,1-4H3. The van der Waals surface area contributed by atoms with E-state index in [-0.39, 0.29) is 0 Å². The molecule has 0 radical (unpaired) electrons. The molecule has 1 aromatic heterocycles. The monoisotopic (exact) mass is 336 g/mol. The Morgan fingerprint density at radius 3 is 1.68 bits per heavy atom. The first-order valence-electron chi connectivity index (χ1n) is 10.1. The maximum Gasteiger partial charge on any atom is 0.138 e. The van der Waals surface area contributed by atoms with Gasteiger partial charge >= 0.3 is 0 Å². The van der Waals surface area contributed by atoms with Crippen LogP contribution in [0.4, 0.5) is 0 Å². The van der Waals surface area contributed by atoms with E-state index < -0.39 is 0 Å². The van der Waals surface area contributed by atoms with Gasteiger partial charge in [-0.2, -0.15) is 0 Å². The van der Waals surface area contributed by atoms with Crippen molar-refractivity contribution >= 4 is 21.9 Å². The molecule has 1 nitrogen and oxygen atoms in total. The number of rotatable bonds is 8. The molecular weight excluding hydrogens is 304 g/mol. The molecule has 0 aliphatic rings. The van der Waals surface area contributed by atoms with Crippen LogP contribution in [0.3, 0.4) is 0 Å². The number of hydrogen-bond donors (Lipinski definition) is 0. The SMILES string of the molecule is CCCCCCc1ccc2c(oc3c(C)c(CCCC)ccc32)c1C. The molecule has 0 saturated heterocycles. The predicted octanol–water partition coefficient (Wildman–Crippen LogP) is 7.67. The van der Waals surface area contributed by atoms with E-state index in [0.29, 0.717) is 0 Å². The molecule has 0 amide bonds. The molecule has 0 bridgehead atoms. The maximum atomic E-state index is 6.40. The molecule has 2 aromatic carbocycles. The van der Waals surface area contributed by atoms with Gasteiger partial charge in [0, 0.05) is 10.8 Å². The van der Waals surface area contributed by atoms with Crippen molar-refractivity contribution in [3.8, 4) is 0 Å². The van der Waals surface area contributed by atoms with Crippen molar-refractivity contribution in [3.05, 3.63) is 46.5 Å². The minimum absolute atomic E-state index is 1.09. The Morgan fingerprint density at radius 1 is 0.640 bits per heavy atom. The molecule has 0 atom stereocenters. The van der Waals surface area contributed by atoms with Gasteiger partial charge in [0.1, 0.15) is 11.2 Å². The summed E-state index contributed by atoms with van der Waals surface area (Å²) < 4.78 is 6.40. The van der Waals surface area contributed by atoms with E-state index in [9.17, 15) is 0 Å². The molecule has 0 aliphatic heterocycles. The highest BCUT2D eigenvalue weighted by Gasteiger charge is 2.14. The molecule has 0 spiro atoms. The van der Waals surface area contributed by atoms with Crippen molar-refractivity contribution in [1.82, 2.24) is 0 Å². The zero-order valence-corrected chi connectivity index (χ0v) is 16.4. The molecule has 3 aromatic rings. The fraction of sp³-hybridized carbons (Fsp3) is 0.500. The Kier molecular flexibility index (Phi) is 5.83. The normalized spacial score (nSPS) is 11.7. The van der Waals surface area contributed by atoms with Crippen LogP contribution in [0.1, 0.15) is 74.6 Å². The molecule has 0 unspecified atom stereocenters. The number of benzene rings is 2. The van der Waals surface area contributed by atoms with Gasteiger partial charge in [-0.05, 0) is 61.8 Å². The van der Waals surface area contributed by atoms with E-state index in [1.165, 1.54) is 78.0 Å². The predicted molar refractivity (Wildman–Crippen MR) is 110 cm³/mol. The van der Waals surface area contributed by atoms with Gasteiger partial charge in [0.05, 0.1) is 0 Å². The summed E-state index contributed by atoms with van der Waals surface area (Å²) in [6.45, 7) is 8.97. The Morgan fingerprint density at radius 2 is 1.16 bits per heavy atom. The van der Waals surface area contributed by atoms with Gasteiger partial charge in [0.15, 0.2) is 0 Å². The maximum absolute atomic E-state index is 6.40. The first-order chi connectivity index (χ1) is 12.2. The van der Waals surface area contributed by atoms with Gasteiger partial charge in [0.25, 0.3) is 0 Å². The van der Waals surface area contributed by atoms with Crippen molar-refractivity contribution in [3.63, 3.8) is 0 Å². The number of furan rings is 1. The number of hydrogen-bond acceptors (Lipinski definition) is 1. The number of fused-ring (bicyclic) bond motifs is 3.